The molecule has 0 heterocycles. The first-order chi connectivity index (χ1) is 10.0. The van der Waals surface area contributed by atoms with Crippen LogP contribution in [0, 0.1) is 11.6 Å². The highest BCUT2D eigenvalue weighted by Gasteiger charge is 2.08. The van der Waals surface area contributed by atoms with Crippen LogP contribution in [0.4, 0.5) is 14.5 Å². The minimum atomic E-state index is -0.356. The van der Waals surface area contributed by atoms with E-state index in [-0.39, 0.29) is 30.1 Å². The maximum Gasteiger partial charge on any atom is 0.238 e. The van der Waals surface area contributed by atoms with E-state index in [0.717, 1.165) is 5.56 Å². The van der Waals surface area contributed by atoms with E-state index in [1.165, 1.54) is 36.4 Å². The molecule has 0 bridgehead atoms. The maximum absolute atomic E-state index is 13.1. The minimum Gasteiger partial charge on any atom is -0.325 e. The van der Waals surface area contributed by atoms with Gasteiger partial charge in [0.25, 0.3) is 0 Å². The smallest absolute Gasteiger partial charge is 0.238 e. The topological polar surface area (TPSA) is 41.1 Å². The normalized spacial score (nSPS) is 12.0. The number of carbonyl (C=O) groups is 1. The lowest BCUT2D eigenvalue weighted by Crippen LogP contribution is -2.30. The zero-order chi connectivity index (χ0) is 15.2. The predicted octanol–water partition coefficient (Wildman–Crippen LogP) is 3.25. The molecule has 0 fully saturated rings. The molecule has 0 aliphatic rings. The zero-order valence-corrected chi connectivity index (χ0v) is 11.6. The quantitative estimate of drug-likeness (QED) is 0.887. The van der Waals surface area contributed by atoms with E-state index in [1.807, 2.05) is 6.92 Å². The molecule has 0 spiro atoms. The number of carbonyl (C=O) groups excluding carboxylic acids is 1. The van der Waals surface area contributed by atoms with Gasteiger partial charge in [-0.2, -0.15) is 0 Å². The van der Waals surface area contributed by atoms with Crippen LogP contribution < -0.4 is 10.6 Å². The number of nitrogens with one attached hydrogen (secondary N) is 2. The molecular weight excluding hydrogens is 274 g/mol. The van der Waals surface area contributed by atoms with Gasteiger partial charge in [-0.15, -0.1) is 0 Å². The van der Waals surface area contributed by atoms with Crippen molar-refractivity contribution in [3.8, 4) is 0 Å². The highest BCUT2D eigenvalue weighted by Crippen LogP contribution is 2.13. The molecule has 1 amide bonds. The number of hydrogen-bond acceptors (Lipinski definition) is 2. The molecule has 21 heavy (non-hydrogen) atoms. The Morgan fingerprint density at radius 2 is 1.81 bits per heavy atom. The largest absolute Gasteiger partial charge is 0.325 e. The van der Waals surface area contributed by atoms with Gasteiger partial charge in [0.05, 0.1) is 6.54 Å². The molecule has 0 aliphatic heterocycles. The van der Waals surface area contributed by atoms with Crippen LogP contribution in [0.1, 0.15) is 18.5 Å². The predicted molar refractivity (Wildman–Crippen MR) is 77.8 cm³/mol. The molecular formula is C16H16F2N2O. The molecule has 5 heteroatoms. The van der Waals surface area contributed by atoms with Crippen molar-refractivity contribution in [1.82, 2.24) is 5.32 Å². The van der Waals surface area contributed by atoms with Crippen LogP contribution in [0.5, 0.6) is 0 Å². The first-order valence-electron chi connectivity index (χ1n) is 6.59. The molecule has 0 radical (unpaired) electrons. The van der Waals surface area contributed by atoms with Gasteiger partial charge < -0.3 is 10.6 Å². The summed E-state index contributed by atoms with van der Waals surface area (Å²) >= 11 is 0. The molecule has 1 atom stereocenters. The lowest BCUT2D eigenvalue weighted by molar-refractivity contribution is -0.115. The van der Waals surface area contributed by atoms with Crippen LogP contribution >= 0.6 is 0 Å². The fraction of sp³-hybridized carbons (Fsp3) is 0.188. The monoisotopic (exact) mass is 290 g/mol. The van der Waals surface area contributed by atoms with Gasteiger partial charge in [-0.25, -0.2) is 8.78 Å². The summed E-state index contributed by atoms with van der Waals surface area (Å²) in [7, 11) is 0. The molecule has 0 unspecified atom stereocenters. The van der Waals surface area contributed by atoms with E-state index < -0.39 is 0 Å². The first-order valence-corrected chi connectivity index (χ1v) is 6.59. The Morgan fingerprint density at radius 3 is 2.48 bits per heavy atom. The van der Waals surface area contributed by atoms with Gasteiger partial charge in [-0.05, 0) is 48.9 Å². The van der Waals surface area contributed by atoms with E-state index in [9.17, 15) is 13.6 Å². The number of benzene rings is 2. The van der Waals surface area contributed by atoms with Crippen molar-refractivity contribution in [2.24, 2.45) is 0 Å². The Hall–Kier alpha value is -2.27. The van der Waals surface area contributed by atoms with Gasteiger partial charge >= 0.3 is 0 Å². The van der Waals surface area contributed by atoms with Crippen LogP contribution in [0.3, 0.4) is 0 Å². The Bertz CT molecular complexity index is 614. The van der Waals surface area contributed by atoms with Gasteiger partial charge in [0.15, 0.2) is 0 Å². The standard InChI is InChI=1S/C16H16F2N2O/c1-11(12-3-2-4-14(18)9-12)19-10-16(21)20-15-7-5-13(17)6-8-15/h2-9,11,19H,10H2,1H3,(H,20,21)/t11-/m0/s1. The summed E-state index contributed by atoms with van der Waals surface area (Å²) in [5.74, 6) is -0.910. The van der Waals surface area contributed by atoms with E-state index in [1.54, 1.807) is 12.1 Å². The molecule has 0 saturated carbocycles. The first kappa shape index (κ1) is 15.1. The van der Waals surface area contributed by atoms with Crippen LogP contribution in [-0.4, -0.2) is 12.5 Å². The average Bonchev–Trinajstić information content (AvgIpc) is 2.47. The van der Waals surface area contributed by atoms with Crippen molar-refractivity contribution in [3.05, 3.63) is 65.7 Å². The van der Waals surface area contributed by atoms with Crippen molar-refractivity contribution < 1.29 is 13.6 Å². The van der Waals surface area contributed by atoms with Gasteiger partial charge in [0.1, 0.15) is 11.6 Å². The van der Waals surface area contributed by atoms with Crippen LogP contribution in [0.2, 0.25) is 0 Å². The van der Waals surface area contributed by atoms with Crippen LogP contribution in [0.15, 0.2) is 48.5 Å². The lowest BCUT2D eigenvalue weighted by Gasteiger charge is -2.14. The molecule has 110 valence electrons. The van der Waals surface area contributed by atoms with E-state index >= 15 is 0 Å². The van der Waals surface area contributed by atoms with Crippen LogP contribution in [-0.2, 0) is 4.79 Å². The molecule has 0 saturated heterocycles. The Balaban J connectivity index is 1.84. The molecule has 0 aliphatic carbocycles. The molecule has 2 aromatic carbocycles. The maximum atomic E-state index is 13.1. The zero-order valence-electron chi connectivity index (χ0n) is 11.6. The summed E-state index contributed by atoms with van der Waals surface area (Å²) in [4.78, 5) is 11.8. The van der Waals surface area contributed by atoms with Gasteiger partial charge in [0, 0.05) is 11.7 Å². The summed E-state index contributed by atoms with van der Waals surface area (Å²) < 4.78 is 25.9. The SMILES string of the molecule is C[C@H](NCC(=O)Nc1ccc(F)cc1)c1cccc(F)c1. The van der Waals surface area contributed by atoms with Crippen molar-refractivity contribution in [2.75, 3.05) is 11.9 Å². The molecule has 2 rings (SSSR count). The number of hydrogen-bond donors (Lipinski definition) is 2. The van der Waals surface area contributed by atoms with E-state index in [2.05, 4.69) is 10.6 Å². The van der Waals surface area contributed by atoms with Crippen molar-refractivity contribution in [1.29, 1.82) is 0 Å². The highest BCUT2D eigenvalue weighted by molar-refractivity contribution is 5.92. The fourth-order valence-corrected chi connectivity index (χ4v) is 1.88. The third-order valence-electron chi connectivity index (χ3n) is 3.05. The Kier molecular flexibility index (Phi) is 5.00. The minimum absolute atomic E-state index is 0.0784. The van der Waals surface area contributed by atoms with Gasteiger partial charge in [0.2, 0.25) is 5.91 Å². The van der Waals surface area contributed by atoms with Crippen molar-refractivity contribution >= 4 is 11.6 Å². The van der Waals surface area contributed by atoms with E-state index in [0.29, 0.717) is 5.69 Å². The molecule has 3 nitrogen and oxygen atoms in total. The molecule has 0 aromatic heterocycles. The second-order valence-corrected chi connectivity index (χ2v) is 4.71. The highest BCUT2D eigenvalue weighted by atomic mass is 19.1. The summed E-state index contributed by atoms with van der Waals surface area (Å²) in [5, 5.41) is 5.65. The second kappa shape index (κ2) is 6.95. The number of amides is 1. The average molecular weight is 290 g/mol. The molecule has 2 N–H and O–H groups in total. The summed E-state index contributed by atoms with van der Waals surface area (Å²) in [5.41, 5.74) is 1.30. The lowest BCUT2D eigenvalue weighted by atomic mass is 10.1. The summed E-state index contributed by atoms with van der Waals surface area (Å²) in [6, 6.07) is 11.6. The number of anilines is 1. The van der Waals surface area contributed by atoms with Crippen molar-refractivity contribution in [2.45, 2.75) is 13.0 Å². The fourth-order valence-electron chi connectivity index (χ4n) is 1.88. The second-order valence-electron chi connectivity index (χ2n) is 4.71. The Labute approximate surface area is 122 Å². The summed E-state index contributed by atoms with van der Waals surface area (Å²) in [6.45, 7) is 1.93. The number of rotatable bonds is 5. The van der Waals surface area contributed by atoms with Gasteiger partial charge in [-0.1, -0.05) is 12.1 Å². The van der Waals surface area contributed by atoms with Crippen molar-refractivity contribution in [3.63, 3.8) is 0 Å². The third-order valence-corrected chi connectivity index (χ3v) is 3.05. The number of halogens is 2. The third kappa shape index (κ3) is 4.65. The van der Waals surface area contributed by atoms with E-state index in [4.69, 9.17) is 0 Å². The Morgan fingerprint density at radius 1 is 1.10 bits per heavy atom. The summed E-state index contributed by atoms with van der Waals surface area (Å²) in [6.07, 6.45) is 0. The van der Waals surface area contributed by atoms with Gasteiger partial charge in [-0.3, -0.25) is 4.79 Å². The molecule has 2 aromatic rings. The van der Waals surface area contributed by atoms with Crippen LogP contribution in [0.25, 0.3) is 0 Å².